The van der Waals surface area contributed by atoms with E-state index in [0.717, 1.165) is 11.1 Å². The molecule has 0 bridgehead atoms. The van der Waals surface area contributed by atoms with Gasteiger partial charge < -0.3 is 28.1 Å². The number of amides is 1. The number of allylic oxidation sites excluding steroid dienone is 1. The van der Waals surface area contributed by atoms with Gasteiger partial charge in [0.15, 0.2) is 43.1 Å². The van der Waals surface area contributed by atoms with Gasteiger partial charge in [-0.05, 0) is 82.1 Å². The van der Waals surface area contributed by atoms with E-state index >= 15 is 0 Å². The third kappa shape index (κ3) is 8.90. The molecule has 13 nitrogen and oxygen atoms in total. The summed E-state index contributed by atoms with van der Waals surface area (Å²) in [6.45, 7) is 20.6. The van der Waals surface area contributed by atoms with Crippen LogP contribution in [-0.4, -0.2) is 76.0 Å². The molecule has 2 saturated heterocycles. The molecule has 0 aliphatic carbocycles. The van der Waals surface area contributed by atoms with E-state index in [1.54, 1.807) is 43.8 Å². The first kappa shape index (κ1) is 39.2. The zero-order chi connectivity index (χ0) is 39.1. The molecule has 1 N–H and O–H groups in total. The van der Waals surface area contributed by atoms with Gasteiger partial charge in [-0.25, -0.2) is 19.7 Å². The van der Waals surface area contributed by atoms with Crippen molar-refractivity contribution in [2.75, 3.05) is 11.9 Å². The van der Waals surface area contributed by atoms with Gasteiger partial charge in [-0.2, -0.15) is 0 Å². The van der Waals surface area contributed by atoms with Gasteiger partial charge in [0.1, 0.15) is 42.6 Å². The molecule has 4 aromatic rings. The zero-order valence-electron chi connectivity index (χ0n) is 32.7. The number of nitrogens with zero attached hydrogens (tertiary/aromatic N) is 4. The molecule has 14 heteroatoms. The highest BCUT2D eigenvalue weighted by Gasteiger charge is 2.56. The summed E-state index contributed by atoms with van der Waals surface area (Å²) in [5.74, 6) is -0.148. The summed E-state index contributed by atoms with van der Waals surface area (Å²) in [5, 5.41) is 2.73. The second-order valence-electron chi connectivity index (χ2n) is 16.6. The molecule has 2 fully saturated rings. The van der Waals surface area contributed by atoms with Gasteiger partial charge in [0.05, 0.1) is 12.9 Å². The van der Waals surface area contributed by atoms with Crippen molar-refractivity contribution < 1.29 is 37.7 Å². The van der Waals surface area contributed by atoms with Crippen molar-refractivity contribution in [1.82, 2.24) is 19.5 Å². The standard InChI is InChI=1S/C40H51N5O8Si/c1-38(2,3)53-37(47)44-34-31-35(42-23-41-34)45(24-43-31)36-33-32(51-40(7,8)52-33)30(50-36)22-48-27-16-13-14-25(20-27)18-19-29(46)28-17-12-11-15-26(28)21-49-54(9,10)39(4,5)6/h11-20,23-24,30,32-33,36H,21-22H2,1-10H3,(H,41,42,44,47)/b19-18+/t30-,32-,33-,36-/m1/s1. The molecule has 4 heterocycles. The van der Waals surface area contributed by atoms with Crippen LogP contribution in [0.2, 0.25) is 18.1 Å². The predicted molar refractivity (Wildman–Crippen MR) is 207 cm³/mol. The van der Waals surface area contributed by atoms with E-state index in [2.05, 4.69) is 54.1 Å². The first-order chi connectivity index (χ1) is 25.3. The Morgan fingerprint density at radius 1 is 0.981 bits per heavy atom. The van der Waals surface area contributed by atoms with Crippen LogP contribution >= 0.6 is 0 Å². The van der Waals surface area contributed by atoms with Crippen LogP contribution in [0.1, 0.15) is 83.1 Å². The second-order valence-corrected chi connectivity index (χ2v) is 21.4. The van der Waals surface area contributed by atoms with Crippen molar-refractivity contribution in [2.24, 2.45) is 0 Å². The second kappa shape index (κ2) is 15.0. The van der Waals surface area contributed by atoms with Crippen molar-refractivity contribution in [2.45, 2.75) is 116 Å². The quantitative estimate of drug-likeness (QED) is 0.0900. The Kier molecular flexibility index (Phi) is 10.9. The molecule has 54 heavy (non-hydrogen) atoms. The lowest BCUT2D eigenvalue weighted by Gasteiger charge is -2.36. The summed E-state index contributed by atoms with van der Waals surface area (Å²) in [6, 6.07) is 15.1. The fourth-order valence-electron chi connectivity index (χ4n) is 6.06. The summed E-state index contributed by atoms with van der Waals surface area (Å²) in [4.78, 5) is 39.0. The van der Waals surface area contributed by atoms with Crippen LogP contribution in [0.3, 0.4) is 0 Å². The molecular formula is C40H51N5O8Si. The van der Waals surface area contributed by atoms with Gasteiger partial charge in [-0.15, -0.1) is 0 Å². The molecule has 0 radical (unpaired) electrons. The molecule has 0 unspecified atom stereocenters. The molecule has 6 rings (SSSR count). The number of carbonyl (C=O) groups excluding carboxylic acids is 2. The maximum atomic E-state index is 13.4. The Hall–Kier alpha value is -4.47. The fraction of sp³-hybridized carbons (Fsp3) is 0.475. The van der Waals surface area contributed by atoms with E-state index in [9.17, 15) is 9.59 Å². The monoisotopic (exact) mass is 757 g/mol. The summed E-state index contributed by atoms with van der Waals surface area (Å²) in [7, 11) is -1.99. The molecule has 288 valence electrons. The van der Waals surface area contributed by atoms with Crippen LogP contribution in [0.5, 0.6) is 5.75 Å². The van der Waals surface area contributed by atoms with E-state index in [0.29, 0.717) is 29.1 Å². The molecule has 2 aromatic carbocycles. The maximum absolute atomic E-state index is 13.4. The number of benzene rings is 2. The summed E-state index contributed by atoms with van der Waals surface area (Å²) in [5.41, 5.74) is 2.42. The van der Waals surface area contributed by atoms with Crippen molar-refractivity contribution in [3.63, 3.8) is 0 Å². The average Bonchev–Trinajstić information content (AvgIpc) is 3.75. The fourth-order valence-corrected chi connectivity index (χ4v) is 7.01. The minimum absolute atomic E-state index is 0.0685. The number of imidazole rings is 1. The van der Waals surface area contributed by atoms with Crippen LogP contribution in [0, 0.1) is 0 Å². The Morgan fingerprint density at radius 2 is 1.72 bits per heavy atom. The molecule has 2 aromatic heterocycles. The Balaban J connectivity index is 1.13. The van der Waals surface area contributed by atoms with E-state index < -0.39 is 50.3 Å². The van der Waals surface area contributed by atoms with Gasteiger partial charge in [0.2, 0.25) is 0 Å². The van der Waals surface area contributed by atoms with Crippen molar-refractivity contribution >= 4 is 43.3 Å². The van der Waals surface area contributed by atoms with Gasteiger partial charge in [-0.3, -0.25) is 14.7 Å². The molecule has 2 aliphatic rings. The number of rotatable bonds is 11. The summed E-state index contributed by atoms with van der Waals surface area (Å²) in [6.07, 6.45) is 3.52. The van der Waals surface area contributed by atoms with E-state index in [1.807, 2.05) is 62.4 Å². The number of ketones is 1. The number of nitrogens with one attached hydrogen (secondary N) is 1. The zero-order valence-corrected chi connectivity index (χ0v) is 33.7. The number of hydrogen-bond donors (Lipinski definition) is 1. The molecule has 0 spiro atoms. The average molecular weight is 758 g/mol. The molecule has 2 aliphatic heterocycles. The van der Waals surface area contributed by atoms with Crippen LogP contribution in [0.25, 0.3) is 17.2 Å². The molecule has 4 atom stereocenters. The topological polar surface area (TPSA) is 145 Å². The maximum Gasteiger partial charge on any atom is 0.413 e. The minimum atomic E-state index is -1.99. The van der Waals surface area contributed by atoms with Crippen molar-refractivity contribution in [1.29, 1.82) is 0 Å². The number of anilines is 1. The Labute approximate surface area is 317 Å². The molecule has 1 amide bonds. The van der Waals surface area contributed by atoms with E-state index in [4.69, 9.17) is 28.1 Å². The SMILES string of the molecule is CC(C)(C)OC(=O)Nc1ncnc2c1ncn2[C@@H]1O[C@H](COc2cccc(/C=C/C(=O)c3ccccc3CO[Si](C)(C)C(C)(C)C)c2)[C@H]2OC(C)(C)O[C@H]21. The van der Waals surface area contributed by atoms with Crippen LogP contribution < -0.4 is 10.1 Å². The molecule has 0 saturated carbocycles. The Bertz CT molecular complexity index is 2030. The number of aromatic nitrogens is 4. The van der Waals surface area contributed by atoms with Gasteiger partial charge >= 0.3 is 6.09 Å². The van der Waals surface area contributed by atoms with Crippen LogP contribution in [0.15, 0.2) is 67.3 Å². The lowest BCUT2D eigenvalue weighted by Crippen LogP contribution is -2.40. The minimum Gasteiger partial charge on any atom is -0.491 e. The lowest BCUT2D eigenvalue weighted by atomic mass is 10.0. The number of fused-ring (bicyclic) bond motifs is 2. The highest BCUT2D eigenvalue weighted by atomic mass is 28.4. The van der Waals surface area contributed by atoms with E-state index in [-0.39, 0.29) is 23.2 Å². The smallest absolute Gasteiger partial charge is 0.413 e. The predicted octanol–water partition coefficient (Wildman–Crippen LogP) is 8.09. The van der Waals surface area contributed by atoms with Gasteiger partial charge in [0, 0.05) is 5.56 Å². The highest BCUT2D eigenvalue weighted by molar-refractivity contribution is 6.74. The van der Waals surface area contributed by atoms with E-state index in [1.165, 1.54) is 6.33 Å². The normalized spacial score (nSPS) is 21.4. The first-order valence-corrected chi connectivity index (χ1v) is 21.1. The summed E-state index contributed by atoms with van der Waals surface area (Å²) < 4.78 is 39.0. The largest absolute Gasteiger partial charge is 0.491 e. The molecular weight excluding hydrogens is 707 g/mol. The lowest BCUT2D eigenvalue weighted by molar-refractivity contribution is -0.198. The van der Waals surface area contributed by atoms with Crippen molar-refractivity contribution in [3.8, 4) is 5.75 Å². The first-order valence-electron chi connectivity index (χ1n) is 18.2. The number of carbonyl (C=O) groups is 2. The summed E-state index contributed by atoms with van der Waals surface area (Å²) >= 11 is 0. The third-order valence-corrected chi connectivity index (χ3v) is 14.2. The van der Waals surface area contributed by atoms with Gasteiger partial charge in [0.25, 0.3) is 0 Å². The number of hydrogen-bond acceptors (Lipinski definition) is 11. The third-order valence-electron chi connectivity index (χ3n) is 9.75. The van der Waals surface area contributed by atoms with Crippen LogP contribution in [0.4, 0.5) is 10.6 Å². The highest BCUT2D eigenvalue weighted by Crippen LogP contribution is 2.44. The van der Waals surface area contributed by atoms with Crippen LogP contribution in [-0.2, 0) is 30.0 Å². The number of ether oxygens (including phenoxy) is 5. The van der Waals surface area contributed by atoms with Crippen molar-refractivity contribution in [3.05, 3.63) is 84.0 Å². The Morgan fingerprint density at radius 3 is 2.46 bits per heavy atom. The van der Waals surface area contributed by atoms with Gasteiger partial charge in [-0.1, -0.05) is 63.2 Å².